The van der Waals surface area contributed by atoms with Gasteiger partial charge < -0.3 is 4.42 Å². The quantitative estimate of drug-likeness (QED) is 0.677. The maximum Gasteiger partial charge on any atom is 0.271 e. The predicted octanol–water partition coefficient (Wildman–Crippen LogP) is 3.05. The molecule has 2 rings (SSSR count). The Kier molecular flexibility index (Phi) is 3.80. The molecule has 1 N–H and O–H groups in total. The molecule has 4 nitrogen and oxygen atoms in total. The molecule has 1 aromatic carbocycles. The maximum absolute atomic E-state index is 11.8. The van der Waals surface area contributed by atoms with Crippen LogP contribution < -0.4 is 5.43 Å². The number of hydrogen-bond donors (Lipinski definition) is 1. The van der Waals surface area contributed by atoms with E-state index >= 15 is 0 Å². The molecule has 4 heteroatoms. The largest absolute Gasteiger partial charge is 0.466 e. The molecule has 0 radical (unpaired) electrons. The van der Waals surface area contributed by atoms with Crippen molar-refractivity contribution in [3.8, 4) is 0 Å². The minimum absolute atomic E-state index is 0.224. The summed E-state index contributed by atoms with van der Waals surface area (Å²) in [4.78, 5) is 11.8. The molecule has 0 spiro atoms. The third-order valence-electron chi connectivity index (χ3n) is 2.79. The summed E-state index contributed by atoms with van der Waals surface area (Å²) in [6, 6.07) is 10.9. The van der Waals surface area contributed by atoms with E-state index in [4.69, 9.17) is 4.42 Å². The summed E-state index contributed by atoms with van der Waals surface area (Å²) in [5.41, 5.74) is 4.75. The Bertz CT molecular complexity index is 612. The van der Waals surface area contributed by atoms with Crippen LogP contribution in [0.4, 0.5) is 0 Å². The summed E-state index contributed by atoms with van der Waals surface area (Å²) >= 11 is 0. The third-order valence-corrected chi connectivity index (χ3v) is 2.79. The summed E-state index contributed by atoms with van der Waals surface area (Å²) in [5.74, 6) is 1.40. The van der Waals surface area contributed by atoms with Crippen LogP contribution in [0, 0.1) is 13.8 Å². The van der Waals surface area contributed by atoms with Crippen LogP contribution in [0.3, 0.4) is 0 Å². The molecule has 0 fully saturated rings. The van der Waals surface area contributed by atoms with Crippen LogP contribution in [-0.2, 0) is 0 Å². The lowest BCUT2D eigenvalue weighted by Crippen LogP contribution is -2.19. The molecule has 1 amide bonds. The van der Waals surface area contributed by atoms with E-state index in [-0.39, 0.29) is 5.91 Å². The van der Waals surface area contributed by atoms with Crippen molar-refractivity contribution in [3.05, 3.63) is 59.0 Å². The van der Waals surface area contributed by atoms with Gasteiger partial charge in [0.2, 0.25) is 0 Å². The van der Waals surface area contributed by atoms with Gasteiger partial charge in [-0.15, -0.1) is 0 Å². The summed E-state index contributed by atoms with van der Waals surface area (Å²) in [7, 11) is 0. The van der Waals surface area contributed by atoms with Gasteiger partial charge in [-0.1, -0.05) is 18.2 Å². The zero-order valence-electron chi connectivity index (χ0n) is 11.2. The number of carbonyl (C=O) groups excluding carboxylic acids is 1. The molecule has 0 atom stereocenters. The summed E-state index contributed by atoms with van der Waals surface area (Å²) in [6.45, 7) is 5.59. The normalized spacial score (nSPS) is 11.4. The van der Waals surface area contributed by atoms with Crippen molar-refractivity contribution in [2.45, 2.75) is 20.8 Å². The standard InChI is InChI=1S/C15H16N2O2/c1-10-9-14(12(3)19-10)11(2)16-17-15(18)13-7-5-4-6-8-13/h4-9H,1-3H3,(H,17,18)/b16-11+. The number of nitrogens with one attached hydrogen (secondary N) is 1. The van der Waals surface area contributed by atoms with E-state index in [0.717, 1.165) is 22.8 Å². The van der Waals surface area contributed by atoms with Crippen molar-refractivity contribution in [3.63, 3.8) is 0 Å². The first-order valence-corrected chi connectivity index (χ1v) is 6.05. The van der Waals surface area contributed by atoms with Crippen molar-refractivity contribution >= 4 is 11.6 Å². The summed E-state index contributed by atoms with van der Waals surface area (Å²) < 4.78 is 5.43. The molecule has 0 bridgehead atoms. The van der Waals surface area contributed by atoms with Crippen molar-refractivity contribution in [1.29, 1.82) is 0 Å². The highest BCUT2D eigenvalue weighted by atomic mass is 16.3. The number of nitrogens with zero attached hydrogens (tertiary/aromatic N) is 1. The Morgan fingerprint density at radius 3 is 2.47 bits per heavy atom. The minimum atomic E-state index is -0.224. The number of amides is 1. The molecule has 0 aliphatic carbocycles. The van der Waals surface area contributed by atoms with E-state index < -0.39 is 0 Å². The molecule has 1 heterocycles. The fraction of sp³-hybridized carbons (Fsp3) is 0.200. The molecule has 19 heavy (non-hydrogen) atoms. The Balaban J connectivity index is 2.11. The van der Waals surface area contributed by atoms with Crippen LogP contribution >= 0.6 is 0 Å². The van der Waals surface area contributed by atoms with Gasteiger partial charge in [-0.05, 0) is 39.0 Å². The van der Waals surface area contributed by atoms with E-state index in [1.165, 1.54) is 0 Å². The van der Waals surface area contributed by atoms with Gasteiger partial charge in [0.15, 0.2) is 0 Å². The van der Waals surface area contributed by atoms with E-state index in [1.807, 2.05) is 45.0 Å². The summed E-state index contributed by atoms with van der Waals surface area (Å²) in [5, 5.41) is 4.10. The SMILES string of the molecule is C/C(=N\NC(=O)c1ccccc1)c1cc(C)oc1C. The number of aryl methyl sites for hydroxylation is 2. The molecule has 0 saturated heterocycles. The van der Waals surface area contributed by atoms with Gasteiger partial charge in [-0.25, -0.2) is 5.43 Å². The number of carbonyl (C=O) groups is 1. The molecule has 0 saturated carbocycles. The average molecular weight is 256 g/mol. The fourth-order valence-electron chi connectivity index (χ4n) is 1.84. The zero-order chi connectivity index (χ0) is 13.8. The second kappa shape index (κ2) is 5.52. The number of hydrogen-bond acceptors (Lipinski definition) is 3. The van der Waals surface area contributed by atoms with Gasteiger partial charge in [0, 0.05) is 11.1 Å². The number of hydrazone groups is 1. The number of furan rings is 1. The van der Waals surface area contributed by atoms with Gasteiger partial charge in [0.1, 0.15) is 11.5 Å². The molecular formula is C15H16N2O2. The Hall–Kier alpha value is -2.36. The van der Waals surface area contributed by atoms with E-state index in [2.05, 4.69) is 10.5 Å². The molecule has 0 aliphatic heterocycles. The van der Waals surface area contributed by atoms with Crippen LogP contribution in [0.25, 0.3) is 0 Å². The lowest BCUT2D eigenvalue weighted by atomic mass is 10.2. The molecule has 0 unspecified atom stereocenters. The Labute approximate surface area is 112 Å². The van der Waals surface area contributed by atoms with Crippen LogP contribution in [0.15, 0.2) is 45.9 Å². The third kappa shape index (κ3) is 3.10. The average Bonchev–Trinajstić information content (AvgIpc) is 2.75. The van der Waals surface area contributed by atoms with E-state index in [0.29, 0.717) is 5.56 Å². The van der Waals surface area contributed by atoms with Crippen LogP contribution in [0.2, 0.25) is 0 Å². The Morgan fingerprint density at radius 1 is 1.21 bits per heavy atom. The van der Waals surface area contributed by atoms with E-state index in [1.54, 1.807) is 12.1 Å². The van der Waals surface area contributed by atoms with Crippen molar-refractivity contribution < 1.29 is 9.21 Å². The van der Waals surface area contributed by atoms with Crippen LogP contribution in [0.1, 0.15) is 34.4 Å². The van der Waals surface area contributed by atoms with Crippen molar-refractivity contribution in [1.82, 2.24) is 5.43 Å². The molecular weight excluding hydrogens is 240 g/mol. The first-order chi connectivity index (χ1) is 9.08. The lowest BCUT2D eigenvalue weighted by molar-refractivity contribution is 0.0955. The smallest absolute Gasteiger partial charge is 0.271 e. The van der Waals surface area contributed by atoms with Gasteiger partial charge in [-0.2, -0.15) is 5.10 Å². The highest BCUT2D eigenvalue weighted by Crippen LogP contribution is 2.14. The lowest BCUT2D eigenvalue weighted by Gasteiger charge is -2.01. The van der Waals surface area contributed by atoms with Crippen molar-refractivity contribution in [2.75, 3.05) is 0 Å². The van der Waals surface area contributed by atoms with Gasteiger partial charge in [-0.3, -0.25) is 4.79 Å². The molecule has 0 aliphatic rings. The van der Waals surface area contributed by atoms with Gasteiger partial charge >= 0.3 is 0 Å². The predicted molar refractivity (Wildman–Crippen MR) is 74.3 cm³/mol. The summed E-state index contributed by atoms with van der Waals surface area (Å²) in [6.07, 6.45) is 0. The first-order valence-electron chi connectivity index (χ1n) is 6.05. The maximum atomic E-state index is 11.8. The fourth-order valence-corrected chi connectivity index (χ4v) is 1.84. The second-order valence-electron chi connectivity index (χ2n) is 4.33. The monoisotopic (exact) mass is 256 g/mol. The van der Waals surface area contributed by atoms with E-state index in [9.17, 15) is 4.79 Å². The number of rotatable bonds is 3. The van der Waals surface area contributed by atoms with Crippen LogP contribution in [-0.4, -0.2) is 11.6 Å². The minimum Gasteiger partial charge on any atom is -0.466 e. The first kappa shape index (κ1) is 13.1. The molecule has 2 aromatic rings. The van der Waals surface area contributed by atoms with Crippen molar-refractivity contribution in [2.24, 2.45) is 5.10 Å². The van der Waals surface area contributed by atoms with Gasteiger partial charge in [0.05, 0.1) is 5.71 Å². The highest BCUT2D eigenvalue weighted by molar-refractivity contribution is 6.01. The number of benzene rings is 1. The van der Waals surface area contributed by atoms with Crippen LogP contribution in [0.5, 0.6) is 0 Å². The zero-order valence-corrected chi connectivity index (χ0v) is 11.2. The highest BCUT2D eigenvalue weighted by Gasteiger charge is 2.08. The second-order valence-corrected chi connectivity index (χ2v) is 4.33. The topological polar surface area (TPSA) is 54.6 Å². The Morgan fingerprint density at radius 2 is 1.89 bits per heavy atom. The molecule has 98 valence electrons. The van der Waals surface area contributed by atoms with Gasteiger partial charge in [0.25, 0.3) is 5.91 Å². The molecule has 1 aromatic heterocycles.